The Bertz CT molecular complexity index is 900. The lowest BCUT2D eigenvalue weighted by Crippen LogP contribution is -2.23. The zero-order valence-electron chi connectivity index (χ0n) is 17.7. The van der Waals surface area contributed by atoms with Crippen molar-refractivity contribution in [3.05, 3.63) is 57.5 Å². The third kappa shape index (κ3) is 5.92. The Morgan fingerprint density at radius 3 is 2.41 bits per heavy atom. The summed E-state index contributed by atoms with van der Waals surface area (Å²) in [5.74, 6) is -0.549. The van der Waals surface area contributed by atoms with Crippen LogP contribution in [-0.4, -0.2) is 19.0 Å². The van der Waals surface area contributed by atoms with Gasteiger partial charge in [0.25, 0.3) is 5.91 Å². The highest BCUT2D eigenvalue weighted by Gasteiger charge is 2.26. The molecule has 1 unspecified atom stereocenters. The lowest BCUT2D eigenvalue weighted by Gasteiger charge is -2.14. The first kappa shape index (κ1) is 22.6. The number of benzene rings is 1. The highest BCUT2D eigenvalue weighted by atomic mass is 32.1. The van der Waals surface area contributed by atoms with E-state index in [-0.39, 0.29) is 6.04 Å². The fraction of sp³-hybridized carbons (Fsp3) is 0.364. The molecular weight excluding hydrogens is 384 g/mol. The van der Waals surface area contributed by atoms with E-state index in [2.05, 4.69) is 35.9 Å². The number of rotatable bonds is 8. The Morgan fingerprint density at radius 1 is 1.21 bits per heavy atom. The molecule has 0 saturated heterocycles. The molecule has 7 heteroatoms. The Hall–Kier alpha value is -2.64. The van der Waals surface area contributed by atoms with Crippen LogP contribution in [0, 0.1) is 6.92 Å². The van der Waals surface area contributed by atoms with Gasteiger partial charge in [0.2, 0.25) is 0 Å². The van der Waals surface area contributed by atoms with E-state index in [9.17, 15) is 9.59 Å². The third-order valence-corrected chi connectivity index (χ3v) is 5.78. The Labute approximate surface area is 176 Å². The molecule has 0 radical (unpaired) electrons. The Morgan fingerprint density at radius 2 is 1.86 bits per heavy atom. The number of nitrogens with two attached hydrogens (primary N) is 1. The van der Waals surface area contributed by atoms with E-state index >= 15 is 0 Å². The summed E-state index contributed by atoms with van der Waals surface area (Å²) in [6.45, 7) is 8.12. The largest absolute Gasteiger partial charge is 0.365 e. The number of aryl methyl sites for hydroxylation is 1. The number of thiophene rings is 1. The van der Waals surface area contributed by atoms with Gasteiger partial charge in [0.05, 0.1) is 5.56 Å². The second-order valence-corrected chi connectivity index (χ2v) is 8.20. The monoisotopic (exact) mass is 414 g/mol. The molecule has 1 heterocycles. The maximum absolute atomic E-state index is 12.5. The minimum Gasteiger partial charge on any atom is -0.365 e. The van der Waals surface area contributed by atoms with Gasteiger partial charge in [0.15, 0.2) is 0 Å². The van der Waals surface area contributed by atoms with Gasteiger partial charge >= 0.3 is 6.03 Å². The summed E-state index contributed by atoms with van der Waals surface area (Å²) in [5, 5.41) is 9.27. The van der Waals surface area contributed by atoms with Crippen molar-refractivity contribution in [3.8, 4) is 0 Å². The summed E-state index contributed by atoms with van der Waals surface area (Å²) >= 11 is 1.40. The smallest absolute Gasteiger partial charge is 0.324 e. The molecule has 1 aromatic carbocycles. The molecule has 3 amide bonds. The summed E-state index contributed by atoms with van der Waals surface area (Å²) < 4.78 is 0. The van der Waals surface area contributed by atoms with Crippen molar-refractivity contribution in [2.75, 3.05) is 17.7 Å². The van der Waals surface area contributed by atoms with Gasteiger partial charge in [-0.15, -0.1) is 11.3 Å². The summed E-state index contributed by atoms with van der Waals surface area (Å²) in [7, 11) is 1.84. The molecule has 2 rings (SSSR count). The number of amides is 3. The van der Waals surface area contributed by atoms with Crippen molar-refractivity contribution in [1.29, 1.82) is 0 Å². The van der Waals surface area contributed by atoms with E-state index in [1.807, 2.05) is 45.2 Å². The quantitative estimate of drug-likeness (QED) is 0.459. The molecular formula is C22H30N4O2S. The van der Waals surface area contributed by atoms with Crippen molar-refractivity contribution >= 4 is 34.0 Å². The predicted molar refractivity (Wildman–Crippen MR) is 122 cm³/mol. The van der Waals surface area contributed by atoms with Gasteiger partial charge in [0, 0.05) is 23.0 Å². The van der Waals surface area contributed by atoms with Crippen LogP contribution in [0.2, 0.25) is 0 Å². The molecule has 156 valence electrons. The second kappa shape index (κ2) is 10.2. The van der Waals surface area contributed by atoms with Crippen LogP contribution >= 0.6 is 11.3 Å². The molecule has 0 aliphatic rings. The second-order valence-electron chi connectivity index (χ2n) is 7.10. The molecule has 0 bridgehead atoms. The van der Waals surface area contributed by atoms with Crippen LogP contribution in [0.3, 0.4) is 0 Å². The number of hydrogen-bond donors (Lipinski definition) is 4. The lowest BCUT2D eigenvalue weighted by molar-refractivity contribution is 0.1000. The molecule has 6 nitrogen and oxygen atoms in total. The van der Waals surface area contributed by atoms with E-state index in [4.69, 9.17) is 5.73 Å². The number of primary amides is 1. The van der Waals surface area contributed by atoms with Crippen molar-refractivity contribution < 1.29 is 9.59 Å². The normalized spacial score (nSPS) is 12.5. The fourth-order valence-corrected chi connectivity index (χ4v) is 4.52. The average Bonchev–Trinajstić information content (AvgIpc) is 3.00. The summed E-state index contributed by atoms with van der Waals surface area (Å²) in [5.41, 5.74) is 9.92. The Kier molecular flexibility index (Phi) is 7.99. The van der Waals surface area contributed by atoms with Crippen LogP contribution in [0.4, 0.5) is 15.5 Å². The minimum absolute atomic E-state index is 0.0751. The van der Waals surface area contributed by atoms with Crippen molar-refractivity contribution in [2.45, 2.75) is 46.6 Å². The number of carbonyl (C=O) groups is 2. The van der Waals surface area contributed by atoms with Crippen LogP contribution in [-0.2, 0) is 6.42 Å². The van der Waals surface area contributed by atoms with E-state index in [1.165, 1.54) is 16.9 Å². The number of anilines is 2. The van der Waals surface area contributed by atoms with Crippen molar-refractivity contribution in [2.24, 2.45) is 5.73 Å². The fourth-order valence-electron chi connectivity index (χ4n) is 3.13. The van der Waals surface area contributed by atoms with Crippen LogP contribution in [0.15, 0.2) is 35.9 Å². The van der Waals surface area contributed by atoms with E-state index in [1.54, 1.807) is 0 Å². The molecule has 0 spiro atoms. The average molecular weight is 415 g/mol. The number of urea groups is 1. The van der Waals surface area contributed by atoms with Crippen LogP contribution in [0.25, 0.3) is 0 Å². The van der Waals surface area contributed by atoms with E-state index < -0.39 is 11.9 Å². The van der Waals surface area contributed by atoms with Crippen LogP contribution < -0.4 is 21.7 Å². The van der Waals surface area contributed by atoms with Gasteiger partial charge in [-0.3, -0.25) is 10.1 Å². The van der Waals surface area contributed by atoms with Gasteiger partial charge in [-0.25, -0.2) is 4.79 Å². The maximum atomic E-state index is 12.5. The first-order valence-electron chi connectivity index (χ1n) is 9.69. The molecule has 0 aliphatic heterocycles. The van der Waals surface area contributed by atoms with E-state index in [0.29, 0.717) is 22.7 Å². The zero-order valence-corrected chi connectivity index (χ0v) is 18.5. The van der Waals surface area contributed by atoms with E-state index in [0.717, 1.165) is 22.4 Å². The van der Waals surface area contributed by atoms with Crippen LogP contribution in [0.5, 0.6) is 0 Å². The zero-order chi connectivity index (χ0) is 21.6. The van der Waals surface area contributed by atoms with Gasteiger partial charge in [-0.1, -0.05) is 36.3 Å². The maximum Gasteiger partial charge on any atom is 0.324 e. The minimum atomic E-state index is -0.549. The van der Waals surface area contributed by atoms with Crippen molar-refractivity contribution in [3.63, 3.8) is 0 Å². The van der Waals surface area contributed by atoms with Gasteiger partial charge < -0.3 is 16.4 Å². The molecule has 29 heavy (non-hydrogen) atoms. The molecule has 5 N–H and O–H groups in total. The molecule has 0 saturated carbocycles. The van der Waals surface area contributed by atoms with Gasteiger partial charge in [-0.05, 0) is 51.9 Å². The number of carbonyl (C=O) groups excluding carboxylic acids is 2. The molecule has 0 fully saturated rings. The SMILES string of the molecule is CC/C=C(/C)Cc1sc(NC(=O)Nc2ccc(C)cc2)c(C(N)=O)c1C(C)NC. The molecule has 1 atom stereocenters. The summed E-state index contributed by atoms with van der Waals surface area (Å²) in [6, 6.07) is 7.02. The molecule has 2 aromatic rings. The predicted octanol–water partition coefficient (Wildman–Crippen LogP) is 4.98. The first-order valence-corrected chi connectivity index (χ1v) is 10.5. The summed E-state index contributed by atoms with van der Waals surface area (Å²) in [4.78, 5) is 25.8. The lowest BCUT2D eigenvalue weighted by atomic mass is 9.99. The third-order valence-electron chi connectivity index (χ3n) is 4.66. The molecule has 1 aromatic heterocycles. The standard InChI is InChI=1S/C22H30N4O2S/c1-6-7-14(3)12-17-18(15(4)24-5)19(20(23)27)21(29-17)26-22(28)25-16-10-8-13(2)9-11-16/h7-11,15,24H,6,12H2,1-5H3,(H2,23,27)(H2,25,26,28)/b14-7-. The Balaban J connectivity index is 2.37. The highest BCUT2D eigenvalue weighted by molar-refractivity contribution is 7.17. The van der Waals surface area contributed by atoms with Gasteiger partial charge in [-0.2, -0.15) is 0 Å². The van der Waals surface area contributed by atoms with Crippen molar-refractivity contribution in [1.82, 2.24) is 5.32 Å². The summed E-state index contributed by atoms with van der Waals surface area (Å²) in [6.07, 6.45) is 3.82. The number of nitrogens with one attached hydrogen (secondary N) is 3. The van der Waals surface area contributed by atoms with Gasteiger partial charge in [0.1, 0.15) is 5.00 Å². The first-order chi connectivity index (χ1) is 13.8. The number of allylic oxidation sites excluding steroid dienone is 2. The highest BCUT2D eigenvalue weighted by Crippen LogP contribution is 2.38. The topological polar surface area (TPSA) is 96.2 Å². The molecule has 0 aliphatic carbocycles. The van der Waals surface area contributed by atoms with Crippen LogP contribution in [0.1, 0.15) is 59.6 Å². The number of hydrogen-bond acceptors (Lipinski definition) is 4.